The summed E-state index contributed by atoms with van der Waals surface area (Å²) in [6.07, 6.45) is 5.30. The standard InChI is InChI=1S/C20H27N3O6/c24-19(22-8-4-2-1-3-5-9-22)15-29-20(25)16-6-7-17(18(14-16)23(26)27)21-10-12-28-13-11-21/h6-7,14H,1-5,8-13,15H2. The van der Waals surface area contributed by atoms with Crippen LogP contribution in [0.5, 0.6) is 0 Å². The number of esters is 1. The molecule has 3 rings (SSSR count). The van der Waals surface area contributed by atoms with Gasteiger partial charge in [-0.15, -0.1) is 0 Å². The molecule has 1 aromatic carbocycles. The van der Waals surface area contributed by atoms with Gasteiger partial charge in [-0.25, -0.2) is 4.79 Å². The van der Waals surface area contributed by atoms with Gasteiger partial charge in [0, 0.05) is 32.2 Å². The molecule has 2 aliphatic rings. The zero-order chi connectivity index (χ0) is 20.6. The van der Waals surface area contributed by atoms with Crippen LogP contribution in [0, 0.1) is 10.1 Å². The summed E-state index contributed by atoms with van der Waals surface area (Å²) in [5.74, 6) is -0.957. The smallest absolute Gasteiger partial charge is 0.338 e. The fourth-order valence-electron chi connectivity index (χ4n) is 3.67. The summed E-state index contributed by atoms with van der Waals surface area (Å²) < 4.78 is 10.4. The van der Waals surface area contributed by atoms with Crippen molar-refractivity contribution in [3.8, 4) is 0 Å². The van der Waals surface area contributed by atoms with Crippen LogP contribution in [-0.2, 0) is 14.3 Å². The van der Waals surface area contributed by atoms with Gasteiger partial charge in [0.15, 0.2) is 6.61 Å². The van der Waals surface area contributed by atoms with E-state index in [0.29, 0.717) is 45.1 Å². The van der Waals surface area contributed by atoms with Gasteiger partial charge in [-0.2, -0.15) is 0 Å². The van der Waals surface area contributed by atoms with Crippen molar-refractivity contribution in [1.29, 1.82) is 0 Å². The topological polar surface area (TPSA) is 102 Å². The Morgan fingerprint density at radius 1 is 1.03 bits per heavy atom. The van der Waals surface area contributed by atoms with Crippen LogP contribution < -0.4 is 4.90 Å². The highest BCUT2D eigenvalue weighted by molar-refractivity contribution is 5.93. The normalized spacial score (nSPS) is 17.9. The number of ether oxygens (including phenoxy) is 2. The Labute approximate surface area is 169 Å². The van der Waals surface area contributed by atoms with Gasteiger partial charge >= 0.3 is 5.97 Å². The lowest BCUT2D eigenvalue weighted by molar-refractivity contribution is -0.384. The van der Waals surface area contributed by atoms with Crippen molar-refractivity contribution >= 4 is 23.3 Å². The molecule has 9 nitrogen and oxygen atoms in total. The van der Waals surface area contributed by atoms with E-state index in [1.54, 1.807) is 11.0 Å². The second-order valence-electron chi connectivity index (χ2n) is 7.28. The Morgan fingerprint density at radius 2 is 1.69 bits per heavy atom. The number of rotatable bonds is 5. The highest BCUT2D eigenvalue weighted by Crippen LogP contribution is 2.30. The molecule has 0 saturated carbocycles. The average molecular weight is 405 g/mol. The summed E-state index contributed by atoms with van der Waals surface area (Å²) in [6, 6.07) is 4.27. The number of carbonyl (C=O) groups excluding carboxylic acids is 2. The van der Waals surface area contributed by atoms with Gasteiger partial charge in [0.25, 0.3) is 11.6 Å². The van der Waals surface area contributed by atoms with Gasteiger partial charge in [-0.1, -0.05) is 19.3 Å². The van der Waals surface area contributed by atoms with E-state index in [2.05, 4.69) is 0 Å². The van der Waals surface area contributed by atoms with Crippen LogP contribution in [0.15, 0.2) is 18.2 Å². The third-order valence-corrected chi connectivity index (χ3v) is 5.30. The number of morpholine rings is 1. The molecule has 0 unspecified atom stereocenters. The quantitative estimate of drug-likeness (QED) is 0.421. The first-order valence-electron chi connectivity index (χ1n) is 10.1. The van der Waals surface area contributed by atoms with Gasteiger partial charge in [0.2, 0.25) is 0 Å². The number of nitrogens with zero attached hydrogens (tertiary/aromatic N) is 3. The van der Waals surface area contributed by atoms with E-state index in [1.807, 2.05) is 4.90 Å². The molecular formula is C20H27N3O6. The minimum absolute atomic E-state index is 0.0641. The van der Waals surface area contributed by atoms with Crippen molar-refractivity contribution in [1.82, 2.24) is 4.90 Å². The highest BCUT2D eigenvalue weighted by atomic mass is 16.6. The molecule has 9 heteroatoms. The number of benzene rings is 1. The van der Waals surface area contributed by atoms with Crippen molar-refractivity contribution in [2.45, 2.75) is 32.1 Å². The second-order valence-corrected chi connectivity index (χ2v) is 7.28. The first-order valence-corrected chi connectivity index (χ1v) is 10.1. The van der Waals surface area contributed by atoms with Gasteiger partial charge < -0.3 is 19.3 Å². The Balaban J connectivity index is 1.63. The van der Waals surface area contributed by atoms with E-state index in [0.717, 1.165) is 25.7 Å². The van der Waals surface area contributed by atoms with Crippen molar-refractivity contribution in [2.75, 3.05) is 50.9 Å². The molecule has 1 aromatic rings. The Morgan fingerprint density at radius 3 is 2.34 bits per heavy atom. The number of hydrogen-bond acceptors (Lipinski definition) is 7. The summed E-state index contributed by atoms with van der Waals surface area (Å²) in [7, 11) is 0. The molecule has 0 aliphatic carbocycles. The lowest BCUT2D eigenvalue weighted by Crippen LogP contribution is -2.37. The molecule has 0 radical (unpaired) electrons. The van der Waals surface area contributed by atoms with E-state index >= 15 is 0 Å². The summed E-state index contributed by atoms with van der Waals surface area (Å²) in [5, 5.41) is 11.5. The highest BCUT2D eigenvalue weighted by Gasteiger charge is 2.24. The van der Waals surface area contributed by atoms with Gasteiger partial charge in [0.05, 0.1) is 23.7 Å². The predicted octanol–water partition coefficient (Wildman–Crippen LogP) is 2.38. The Hall–Kier alpha value is -2.68. The minimum atomic E-state index is -0.734. The zero-order valence-corrected chi connectivity index (χ0v) is 16.5. The van der Waals surface area contributed by atoms with E-state index in [-0.39, 0.29) is 23.8 Å². The number of nitro benzene ring substituents is 1. The number of amides is 1. The van der Waals surface area contributed by atoms with Gasteiger partial charge in [-0.05, 0) is 25.0 Å². The molecule has 1 amide bonds. The number of anilines is 1. The largest absolute Gasteiger partial charge is 0.452 e. The maximum absolute atomic E-state index is 12.4. The SMILES string of the molecule is O=C(OCC(=O)N1CCCCCCC1)c1ccc(N2CCOCC2)c([N+](=O)[O-])c1. The molecular weight excluding hydrogens is 378 g/mol. The molecule has 2 aliphatic heterocycles. The average Bonchev–Trinajstić information content (AvgIpc) is 2.71. The van der Waals surface area contributed by atoms with Crippen LogP contribution in [0.25, 0.3) is 0 Å². The van der Waals surface area contributed by atoms with Gasteiger partial charge in [-0.3, -0.25) is 14.9 Å². The van der Waals surface area contributed by atoms with E-state index < -0.39 is 10.9 Å². The predicted molar refractivity (Wildman–Crippen MR) is 106 cm³/mol. The van der Waals surface area contributed by atoms with Crippen LogP contribution in [0.2, 0.25) is 0 Å². The Bertz CT molecular complexity index is 740. The van der Waals surface area contributed by atoms with Crippen LogP contribution in [0.1, 0.15) is 42.5 Å². The second kappa shape index (κ2) is 10.2. The number of nitro groups is 1. The maximum atomic E-state index is 12.4. The molecule has 2 fully saturated rings. The monoisotopic (exact) mass is 405 g/mol. The summed E-state index contributed by atoms with van der Waals surface area (Å²) >= 11 is 0. The first kappa shape index (κ1) is 21.0. The molecule has 0 spiro atoms. The summed E-state index contributed by atoms with van der Waals surface area (Å²) in [5.41, 5.74) is 0.358. The fraction of sp³-hybridized carbons (Fsp3) is 0.600. The van der Waals surface area contributed by atoms with Crippen LogP contribution in [-0.4, -0.2) is 67.7 Å². The Kier molecular flexibility index (Phi) is 7.40. The van der Waals surface area contributed by atoms with Gasteiger partial charge in [0.1, 0.15) is 5.69 Å². The molecule has 2 saturated heterocycles. The molecule has 29 heavy (non-hydrogen) atoms. The molecule has 0 bridgehead atoms. The minimum Gasteiger partial charge on any atom is -0.452 e. The fourth-order valence-corrected chi connectivity index (χ4v) is 3.67. The lowest BCUT2D eigenvalue weighted by Gasteiger charge is -2.28. The van der Waals surface area contributed by atoms with Crippen LogP contribution in [0.3, 0.4) is 0 Å². The number of likely N-dealkylation sites (tertiary alicyclic amines) is 1. The lowest BCUT2D eigenvalue weighted by atomic mass is 10.1. The number of hydrogen-bond donors (Lipinski definition) is 0. The first-order chi connectivity index (χ1) is 14.1. The summed E-state index contributed by atoms with van der Waals surface area (Å²) in [4.78, 5) is 39.3. The van der Waals surface area contributed by atoms with Crippen LogP contribution >= 0.6 is 0 Å². The van der Waals surface area contributed by atoms with Crippen molar-refractivity contribution in [3.05, 3.63) is 33.9 Å². The van der Waals surface area contributed by atoms with Crippen molar-refractivity contribution in [3.63, 3.8) is 0 Å². The molecule has 2 heterocycles. The molecule has 0 aromatic heterocycles. The third kappa shape index (κ3) is 5.66. The molecule has 0 atom stereocenters. The maximum Gasteiger partial charge on any atom is 0.338 e. The van der Waals surface area contributed by atoms with E-state index in [9.17, 15) is 19.7 Å². The third-order valence-electron chi connectivity index (χ3n) is 5.30. The zero-order valence-electron chi connectivity index (χ0n) is 16.5. The van der Waals surface area contributed by atoms with E-state index in [1.165, 1.54) is 18.6 Å². The van der Waals surface area contributed by atoms with Crippen molar-refractivity contribution < 1.29 is 24.0 Å². The van der Waals surface area contributed by atoms with Crippen molar-refractivity contribution in [2.24, 2.45) is 0 Å². The van der Waals surface area contributed by atoms with Crippen LogP contribution in [0.4, 0.5) is 11.4 Å². The number of carbonyl (C=O) groups is 2. The summed E-state index contributed by atoms with van der Waals surface area (Å²) in [6.45, 7) is 3.10. The molecule has 158 valence electrons. The molecule has 0 N–H and O–H groups in total. The van der Waals surface area contributed by atoms with E-state index in [4.69, 9.17) is 9.47 Å².